The maximum absolute atomic E-state index is 11.1. The lowest BCUT2D eigenvalue weighted by atomic mass is 9.80. The SMILES string of the molecule is CCC(CC)(C(O)c1ccc(C)cc1C)N1CCCC1. The predicted octanol–water partition coefficient (Wildman–Crippen LogP) is 3.99. The molecule has 1 saturated heterocycles. The van der Waals surface area contributed by atoms with Gasteiger partial charge in [-0.05, 0) is 63.7 Å². The molecule has 0 amide bonds. The van der Waals surface area contributed by atoms with E-state index in [1.54, 1.807) is 0 Å². The molecule has 2 rings (SSSR count). The number of hydrogen-bond donors (Lipinski definition) is 1. The van der Waals surface area contributed by atoms with Crippen molar-refractivity contribution in [3.05, 3.63) is 34.9 Å². The lowest BCUT2D eigenvalue weighted by Gasteiger charge is -2.45. The lowest BCUT2D eigenvalue weighted by molar-refractivity contribution is -0.0298. The van der Waals surface area contributed by atoms with Gasteiger partial charge in [-0.15, -0.1) is 0 Å². The van der Waals surface area contributed by atoms with E-state index in [0.29, 0.717) is 0 Å². The first-order valence-corrected chi connectivity index (χ1v) is 8.05. The fraction of sp³-hybridized carbons (Fsp3) is 0.667. The molecular weight excluding hydrogens is 246 g/mol. The summed E-state index contributed by atoms with van der Waals surface area (Å²) in [5, 5.41) is 11.1. The van der Waals surface area contributed by atoms with Gasteiger partial charge in [0.05, 0.1) is 11.6 Å². The van der Waals surface area contributed by atoms with Crippen molar-refractivity contribution in [2.75, 3.05) is 13.1 Å². The summed E-state index contributed by atoms with van der Waals surface area (Å²) >= 11 is 0. The van der Waals surface area contributed by atoms with Crippen LogP contribution in [0.2, 0.25) is 0 Å². The van der Waals surface area contributed by atoms with Crippen molar-refractivity contribution in [1.82, 2.24) is 4.90 Å². The Morgan fingerprint density at radius 1 is 1.15 bits per heavy atom. The second-order valence-electron chi connectivity index (χ2n) is 6.27. The van der Waals surface area contributed by atoms with Gasteiger partial charge in [0.1, 0.15) is 0 Å². The first kappa shape index (κ1) is 15.5. The van der Waals surface area contributed by atoms with Crippen LogP contribution in [0.1, 0.15) is 62.3 Å². The van der Waals surface area contributed by atoms with E-state index in [2.05, 4.69) is 50.8 Å². The van der Waals surface area contributed by atoms with E-state index in [1.165, 1.54) is 24.0 Å². The Morgan fingerprint density at radius 2 is 1.75 bits per heavy atom. The van der Waals surface area contributed by atoms with E-state index >= 15 is 0 Å². The minimum atomic E-state index is -0.392. The van der Waals surface area contributed by atoms with Crippen LogP contribution >= 0.6 is 0 Å². The molecule has 1 N–H and O–H groups in total. The number of aliphatic hydroxyl groups is 1. The molecule has 1 aliphatic rings. The molecule has 0 bridgehead atoms. The fourth-order valence-corrected chi connectivity index (χ4v) is 3.84. The van der Waals surface area contributed by atoms with E-state index in [9.17, 15) is 5.11 Å². The molecule has 0 saturated carbocycles. The summed E-state index contributed by atoms with van der Waals surface area (Å²) in [6.07, 6.45) is 4.13. The largest absolute Gasteiger partial charge is 0.386 e. The summed E-state index contributed by atoms with van der Waals surface area (Å²) < 4.78 is 0. The normalized spacial score (nSPS) is 18.4. The molecule has 112 valence electrons. The molecule has 2 nitrogen and oxygen atoms in total. The van der Waals surface area contributed by atoms with Crippen LogP contribution in [0.4, 0.5) is 0 Å². The van der Waals surface area contributed by atoms with Gasteiger partial charge in [-0.2, -0.15) is 0 Å². The summed E-state index contributed by atoms with van der Waals surface area (Å²) in [4.78, 5) is 2.52. The van der Waals surface area contributed by atoms with Crippen molar-refractivity contribution in [1.29, 1.82) is 0 Å². The molecule has 0 radical (unpaired) electrons. The third kappa shape index (κ3) is 2.64. The number of benzene rings is 1. The zero-order valence-corrected chi connectivity index (χ0v) is 13.4. The van der Waals surface area contributed by atoms with Crippen molar-refractivity contribution in [3.8, 4) is 0 Å². The average molecular weight is 275 g/mol. The highest BCUT2D eigenvalue weighted by atomic mass is 16.3. The maximum Gasteiger partial charge on any atom is 0.0975 e. The number of aryl methyl sites for hydroxylation is 2. The van der Waals surface area contributed by atoms with Gasteiger partial charge in [-0.1, -0.05) is 37.6 Å². The highest BCUT2D eigenvalue weighted by Crippen LogP contribution is 2.40. The number of likely N-dealkylation sites (tertiary alicyclic amines) is 1. The molecule has 2 heteroatoms. The van der Waals surface area contributed by atoms with Gasteiger partial charge < -0.3 is 5.11 Å². The fourth-order valence-electron chi connectivity index (χ4n) is 3.84. The molecule has 0 spiro atoms. The van der Waals surface area contributed by atoms with Crippen LogP contribution in [0.15, 0.2) is 18.2 Å². The van der Waals surface area contributed by atoms with Crippen LogP contribution in [-0.4, -0.2) is 28.6 Å². The molecule has 1 unspecified atom stereocenters. The van der Waals surface area contributed by atoms with Gasteiger partial charge >= 0.3 is 0 Å². The second-order valence-corrected chi connectivity index (χ2v) is 6.27. The Balaban J connectivity index is 2.37. The van der Waals surface area contributed by atoms with Crippen LogP contribution in [0.5, 0.6) is 0 Å². The van der Waals surface area contributed by atoms with Gasteiger partial charge in [0.2, 0.25) is 0 Å². The Labute approximate surface area is 123 Å². The summed E-state index contributed by atoms with van der Waals surface area (Å²) in [5.41, 5.74) is 3.48. The molecule has 1 aromatic carbocycles. The van der Waals surface area contributed by atoms with E-state index in [1.807, 2.05) is 0 Å². The van der Waals surface area contributed by atoms with Crippen molar-refractivity contribution >= 4 is 0 Å². The van der Waals surface area contributed by atoms with Gasteiger partial charge in [0, 0.05) is 0 Å². The first-order valence-electron chi connectivity index (χ1n) is 8.05. The monoisotopic (exact) mass is 275 g/mol. The minimum absolute atomic E-state index is 0.101. The Morgan fingerprint density at radius 3 is 2.25 bits per heavy atom. The third-order valence-electron chi connectivity index (χ3n) is 5.19. The van der Waals surface area contributed by atoms with Crippen LogP contribution in [0.3, 0.4) is 0 Å². The molecule has 1 aliphatic heterocycles. The summed E-state index contributed by atoms with van der Waals surface area (Å²) in [6.45, 7) is 10.9. The molecule has 0 aromatic heterocycles. The Kier molecular flexibility index (Phi) is 4.87. The maximum atomic E-state index is 11.1. The van der Waals surface area contributed by atoms with E-state index in [4.69, 9.17) is 0 Å². The summed E-state index contributed by atoms with van der Waals surface area (Å²) in [5.74, 6) is 0. The van der Waals surface area contributed by atoms with Crippen LogP contribution in [0.25, 0.3) is 0 Å². The second kappa shape index (κ2) is 6.28. The van der Waals surface area contributed by atoms with Crippen molar-refractivity contribution < 1.29 is 5.11 Å². The van der Waals surface area contributed by atoms with Crippen LogP contribution in [0, 0.1) is 13.8 Å². The molecule has 1 heterocycles. The lowest BCUT2D eigenvalue weighted by Crippen LogP contribution is -2.51. The number of rotatable bonds is 5. The third-order valence-corrected chi connectivity index (χ3v) is 5.19. The van der Waals surface area contributed by atoms with Gasteiger partial charge in [0.15, 0.2) is 0 Å². The topological polar surface area (TPSA) is 23.5 Å². The van der Waals surface area contributed by atoms with E-state index in [0.717, 1.165) is 31.5 Å². The highest BCUT2D eigenvalue weighted by Gasteiger charge is 2.42. The minimum Gasteiger partial charge on any atom is -0.386 e. The molecule has 20 heavy (non-hydrogen) atoms. The van der Waals surface area contributed by atoms with Gasteiger partial charge in [-0.25, -0.2) is 0 Å². The quantitative estimate of drug-likeness (QED) is 0.878. The first-order chi connectivity index (χ1) is 9.55. The zero-order valence-electron chi connectivity index (χ0n) is 13.4. The molecule has 1 fully saturated rings. The molecule has 0 aliphatic carbocycles. The zero-order chi connectivity index (χ0) is 14.8. The Hall–Kier alpha value is -0.860. The molecule has 1 atom stereocenters. The summed E-state index contributed by atoms with van der Waals surface area (Å²) in [7, 11) is 0. The van der Waals surface area contributed by atoms with Crippen molar-refractivity contribution in [3.63, 3.8) is 0 Å². The highest BCUT2D eigenvalue weighted by molar-refractivity contribution is 5.34. The Bertz CT molecular complexity index is 445. The standard InChI is InChI=1S/C18H29NO/c1-5-18(6-2,19-11-7-8-12-19)17(20)16-10-9-14(3)13-15(16)4/h9-10,13,17,20H,5-8,11-12H2,1-4H3. The van der Waals surface area contributed by atoms with E-state index < -0.39 is 6.10 Å². The van der Waals surface area contributed by atoms with Crippen molar-refractivity contribution in [2.45, 2.75) is 65.0 Å². The van der Waals surface area contributed by atoms with Gasteiger partial charge in [0.25, 0.3) is 0 Å². The van der Waals surface area contributed by atoms with E-state index in [-0.39, 0.29) is 5.54 Å². The number of nitrogens with zero attached hydrogens (tertiary/aromatic N) is 1. The predicted molar refractivity (Wildman–Crippen MR) is 85.0 cm³/mol. The van der Waals surface area contributed by atoms with Crippen molar-refractivity contribution in [2.24, 2.45) is 0 Å². The summed E-state index contributed by atoms with van der Waals surface area (Å²) in [6, 6.07) is 6.41. The average Bonchev–Trinajstić information content (AvgIpc) is 2.95. The number of aliphatic hydroxyl groups excluding tert-OH is 1. The van der Waals surface area contributed by atoms with Crippen LogP contribution < -0.4 is 0 Å². The smallest absolute Gasteiger partial charge is 0.0975 e. The number of hydrogen-bond acceptors (Lipinski definition) is 2. The van der Waals surface area contributed by atoms with Gasteiger partial charge in [-0.3, -0.25) is 4.90 Å². The van der Waals surface area contributed by atoms with Crippen LogP contribution in [-0.2, 0) is 0 Å². The molecule has 1 aromatic rings. The molecular formula is C18H29NO.